The van der Waals surface area contributed by atoms with Crippen molar-refractivity contribution in [3.63, 3.8) is 0 Å². The molecule has 0 spiro atoms. The molecule has 0 aliphatic carbocycles. The summed E-state index contributed by atoms with van der Waals surface area (Å²) in [5, 5.41) is 0.103. The Hall–Kier alpha value is -0.690. The van der Waals surface area contributed by atoms with Crippen LogP contribution in [0.15, 0.2) is 23.4 Å². The van der Waals surface area contributed by atoms with Crippen LogP contribution in [0.1, 0.15) is 18.4 Å². The molecule has 1 aliphatic heterocycles. The van der Waals surface area contributed by atoms with Gasteiger partial charge in [-0.3, -0.25) is 0 Å². The van der Waals surface area contributed by atoms with Crippen LogP contribution in [-0.4, -0.2) is 55.8 Å². The molecule has 0 amide bonds. The molecule has 1 aromatic heterocycles. The summed E-state index contributed by atoms with van der Waals surface area (Å²) < 4.78 is 26.7. The molecular weight excluding hydrogens is 298 g/mol. The van der Waals surface area contributed by atoms with Gasteiger partial charge in [0.05, 0.1) is 0 Å². The molecule has 112 valence electrons. The van der Waals surface area contributed by atoms with Crippen LogP contribution in [0.2, 0.25) is 0 Å². The lowest BCUT2D eigenvalue weighted by Gasteiger charge is -2.35. The van der Waals surface area contributed by atoms with Crippen LogP contribution in [0, 0.1) is 0 Å². The number of pyridine rings is 1. The van der Waals surface area contributed by atoms with Gasteiger partial charge in [0.15, 0.2) is 5.03 Å². The van der Waals surface area contributed by atoms with Gasteiger partial charge in [-0.05, 0) is 38.6 Å². The van der Waals surface area contributed by atoms with E-state index in [4.69, 9.17) is 11.6 Å². The third-order valence-electron chi connectivity index (χ3n) is 3.65. The first-order valence-corrected chi connectivity index (χ1v) is 8.60. The molecule has 1 fully saturated rings. The lowest BCUT2D eigenvalue weighted by Crippen LogP contribution is -2.47. The van der Waals surface area contributed by atoms with Crippen LogP contribution >= 0.6 is 11.6 Å². The van der Waals surface area contributed by atoms with E-state index >= 15 is 0 Å². The minimum Gasteiger partial charge on any atom is -0.305 e. The molecule has 1 saturated heterocycles. The van der Waals surface area contributed by atoms with Crippen LogP contribution in [0.3, 0.4) is 0 Å². The van der Waals surface area contributed by atoms with Gasteiger partial charge in [0.25, 0.3) is 10.0 Å². The van der Waals surface area contributed by atoms with Gasteiger partial charge in [-0.1, -0.05) is 6.07 Å². The third-order valence-corrected chi connectivity index (χ3v) is 5.74. The topological polar surface area (TPSA) is 53.5 Å². The third kappa shape index (κ3) is 3.31. The molecule has 1 atom stereocenters. The fraction of sp³-hybridized carbons (Fsp3) is 0.615. The molecule has 2 rings (SSSR count). The summed E-state index contributed by atoms with van der Waals surface area (Å²) in [4.78, 5) is 6.11. The second kappa shape index (κ2) is 6.39. The molecule has 0 aromatic carbocycles. The minimum atomic E-state index is -3.50. The van der Waals surface area contributed by atoms with Crippen LogP contribution in [-0.2, 0) is 15.9 Å². The van der Waals surface area contributed by atoms with Crippen molar-refractivity contribution in [2.24, 2.45) is 0 Å². The molecule has 20 heavy (non-hydrogen) atoms. The second-order valence-electron chi connectivity index (χ2n) is 5.26. The maximum Gasteiger partial charge on any atom is 0.260 e. The molecule has 1 aliphatic rings. The SMILES string of the molecule is CN(C)C1CCCN(S(=O)(=O)c2ccc(CCl)cn2)C1. The van der Waals surface area contributed by atoms with Crippen molar-refractivity contribution in [3.05, 3.63) is 23.9 Å². The molecule has 0 saturated carbocycles. The molecule has 1 unspecified atom stereocenters. The summed E-state index contributed by atoms with van der Waals surface area (Å²) in [6, 6.07) is 3.51. The highest BCUT2D eigenvalue weighted by Crippen LogP contribution is 2.21. The summed E-state index contributed by atoms with van der Waals surface area (Å²) in [5.41, 5.74) is 0.815. The number of hydrogen-bond donors (Lipinski definition) is 0. The standard InChI is InChI=1S/C13H20ClN3O2S/c1-16(2)12-4-3-7-17(10-12)20(18,19)13-6-5-11(8-14)9-15-13/h5-6,9,12H,3-4,7-8,10H2,1-2H3. The van der Waals surface area contributed by atoms with E-state index in [1.807, 2.05) is 14.1 Å². The number of piperidine rings is 1. The van der Waals surface area contributed by atoms with E-state index in [-0.39, 0.29) is 11.1 Å². The first kappa shape index (κ1) is 15.7. The number of hydrogen-bond acceptors (Lipinski definition) is 4. The van der Waals surface area contributed by atoms with E-state index < -0.39 is 10.0 Å². The van der Waals surface area contributed by atoms with E-state index in [1.54, 1.807) is 6.07 Å². The van der Waals surface area contributed by atoms with E-state index in [2.05, 4.69) is 9.88 Å². The average Bonchev–Trinajstić information content (AvgIpc) is 2.47. The molecule has 1 aromatic rings. The van der Waals surface area contributed by atoms with Crippen molar-refractivity contribution in [3.8, 4) is 0 Å². The summed E-state index contributed by atoms with van der Waals surface area (Å²) in [5.74, 6) is 0.333. The highest BCUT2D eigenvalue weighted by atomic mass is 35.5. The molecule has 0 N–H and O–H groups in total. The lowest BCUT2D eigenvalue weighted by atomic mass is 10.1. The molecular formula is C13H20ClN3O2S. The van der Waals surface area contributed by atoms with Crippen molar-refractivity contribution in [2.75, 3.05) is 27.2 Å². The van der Waals surface area contributed by atoms with Crippen LogP contribution in [0.25, 0.3) is 0 Å². The number of halogens is 1. The Morgan fingerprint density at radius 2 is 2.20 bits per heavy atom. The van der Waals surface area contributed by atoms with Crippen LogP contribution < -0.4 is 0 Å². The second-order valence-corrected chi connectivity index (χ2v) is 7.41. The fourth-order valence-corrected chi connectivity index (χ4v) is 3.92. The summed E-state index contributed by atoms with van der Waals surface area (Å²) in [7, 11) is 0.460. The summed E-state index contributed by atoms with van der Waals surface area (Å²) in [6.45, 7) is 1.08. The van der Waals surface area contributed by atoms with Gasteiger partial charge >= 0.3 is 0 Å². The Morgan fingerprint density at radius 1 is 1.45 bits per heavy atom. The Bertz CT molecular complexity index is 545. The zero-order chi connectivity index (χ0) is 14.8. The first-order valence-electron chi connectivity index (χ1n) is 6.62. The van der Waals surface area contributed by atoms with E-state index in [9.17, 15) is 8.42 Å². The molecule has 0 bridgehead atoms. The summed E-state index contributed by atoms with van der Waals surface area (Å²) in [6.07, 6.45) is 3.42. The van der Waals surface area contributed by atoms with E-state index in [1.165, 1.54) is 16.6 Å². The van der Waals surface area contributed by atoms with Crippen molar-refractivity contribution >= 4 is 21.6 Å². The minimum absolute atomic E-state index is 0.103. The smallest absolute Gasteiger partial charge is 0.260 e. The lowest BCUT2D eigenvalue weighted by molar-refractivity contribution is 0.190. The maximum atomic E-state index is 12.6. The Kier molecular flexibility index (Phi) is 5.01. The van der Waals surface area contributed by atoms with E-state index in [0.29, 0.717) is 19.0 Å². The predicted octanol–water partition coefficient (Wildman–Crippen LogP) is 1.54. The zero-order valence-electron chi connectivity index (χ0n) is 11.8. The average molecular weight is 318 g/mol. The monoisotopic (exact) mass is 317 g/mol. The van der Waals surface area contributed by atoms with Crippen molar-refractivity contribution in [1.82, 2.24) is 14.2 Å². The number of sulfonamides is 1. The Labute approximate surface area is 125 Å². The van der Waals surface area contributed by atoms with Crippen molar-refractivity contribution < 1.29 is 8.42 Å². The highest BCUT2D eigenvalue weighted by molar-refractivity contribution is 7.89. The quantitative estimate of drug-likeness (QED) is 0.790. The number of likely N-dealkylation sites (N-methyl/N-ethyl adjacent to an activating group) is 1. The zero-order valence-corrected chi connectivity index (χ0v) is 13.4. The molecule has 0 radical (unpaired) electrons. The largest absolute Gasteiger partial charge is 0.305 e. The van der Waals surface area contributed by atoms with Gasteiger partial charge in [0, 0.05) is 31.2 Å². The highest BCUT2D eigenvalue weighted by Gasteiger charge is 2.31. The normalized spacial score (nSPS) is 21.3. The Morgan fingerprint density at radius 3 is 2.75 bits per heavy atom. The fourth-order valence-electron chi connectivity index (χ4n) is 2.34. The van der Waals surface area contributed by atoms with Crippen molar-refractivity contribution in [1.29, 1.82) is 0 Å². The molecule has 7 heteroatoms. The van der Waals surface area contributed by atoms with Crippen LogP contribution in [0.5, 0.6) is 0 Å². The molecule has 2 heterocycles. The van der Waals surface area contributed by atoms with Gasteiger partial charge in [-0.2, -0.15) is 4.31 Å². The van der Waals surface area contributed by atoms with Gasteiger partial charge in [-0.25, -0.2) is 13.4 Å². The van der Waals surface area contributed by atoms with Gasteiger partial charge in [0.1, 0.15) is 0 Å². The van der Waals surface area contributed by atoms with Gasteiger partial charge in [-0.15, -0.1) is 11.6 Å². The maximum absolute atomic E-state index is 12.6. The Balaban J connectivity index is 2.20. The number of rotatable bonds is 4. The molecule has 5 nitrogen and oxygen atoms in total. The van der Waals surface area contributed by atoms with Gasteiger partial charge < -0.3 is 4.90 Å². The van der Waals surface area contributed by atoms with E-state index in [0.717, 1.165) is 18.4 Å². The number of nitrogens with zero attached hydrogens (tertiary/aromatic N) is 3. The van der Waals surface area contributed by atoms with Crippen molar-refractivity contribution in [2.45, 2.75) is 29.8 Å². The first-order chi connectivity index (χ1) is 9.45. The number of aromatic nitrogens is 1. The number of alkyl halides is 1. The van der Waals surface area contributed by atoms with Gasteiger partial charge in [0.2, 0.25) is 0 Å². The van der Waals surface area contributed by atoms with Crippen LogP contribution in [0.4, 0.5) is 0 Å². The summed E-state index contributed by atoms with van der Waals surface area (Å²) >= 11 is 5.69. The predicted molar refractivity (Wildman–Crippen MR) is 79.3 cm³/mol.